The first-order valence-corrected chi connectivity index (χ1v) is 15.5. The van der Waals surface area contributed by atoms with Gasteiger partial charge in [-0.25, -0.2) is 9.78 Å². The lowest BCUT2D eigenvalue weighted by atomic mass is 9.78. The van der Waals surface area contributed by atoms with Gasteiger partial charge in [0.1, 0.15) is 29.6 Å². The number of imidazole rings is 1. The molecule has 0 radical (unpaired) electrons. The molecule has 3 aromatic rings. The van der Waals surface area contributed by atoms with Gasteiger partial charge in [0.15, 0.2) is 14.8 Å². The van der Waals surface area contributed by atoms with Crippen molar-refractivity contribution < 1.29 is 24.0 Å². The number of benzene rings is 1. The number of nitrogens with zero attached hydrogens (tertiary/aromatic N) is 4. The van der Waals surface area contributed by atoms with Gasteiger partial charge in [0.25, 0.3) is 5.69 Å². The van der Waals surface area contributed by atoms with E-state index in [1.807, 2.05) is 29.1 Å². The van der Waals surface area contributed by atoms with Gasteiger partial charge in [-0.1, -0.05) is 20.8 Å². The number of aliphatic hydroxyl groups excluding tert-OH is 1. The molecule has 1 saturated heterocycles. The van der Waals surface area contributed by atoms with Crippen molar-refractivity contribution in [2.24, 2.45) is 11.3 Å². The third-order valence-corrected chi connectivity index (χ3v) is 8.44. The molecular formula is C24H32N4O6SSi. The number of carbonyl (C=O) groups is 1. The van der Waals surface area contributed by atoms with Gasteiger partial charge in [-0.05, 0) is 42.1 Å². The van der Waals surface area contributed by atoms with E-state index in [1.54, 1.807) is 18.5 Å². The summed E-state index contributed by atoms with van der Waals surface area (Å²) < 4.78 is 14.1. The van der Waals surface area contributed by atoms with Crippen molar-refractivity contribution in [2.45, 2.75) is 58.7 Å². The molecule has 194 valence electrons. The molecule has 1 amide bonds. The molecule has 1 N–H and O–H groups in total. The van der Waals surface area contributed by atoms with Crippen LogP contribution in [0.4, 0.5) is 10.5 Å². The lowest BCUT2D eigenvalue weighted by Crippen LogP contribution is -2.55. The number of likely N-dealkylation sites (tertiary alicyclic amines) is 1. The van der Waals surface area contributed by atoms with E-state index in [4.69, 9.17) is 9.16 Å². The van der Waals surface area contributed by atoms with E-state index in [0.29, 0.717) is 24.2 Å². The normalized spacial score (nSPS) is 21.3. The van der Waals surface area contributed by atoms with E-state index < -0.39 is 31.9 Å². The Kier molecular flexibility index (Phi) is 7.24. The highest BCUT2D eigenvalue weighted by Crippen LogP contribution is 2.49. The smallest absolute Gasteiger partial charge is 0.412 e. The maximum Gasteiger partial charge on any atom is 0.412 e. The SMILES string of the molecule is C[SiH](C)O[C@]1(C(O)c2ncn3ccsc23)C[C@H](C(C)(C)C)CN1C(=O)OCc1ccc([N+](=O)[O-])cc1. The minimum atomic E-state index is -1.76. The van der Waals surface area contributed by atoms with Crippen LogP contribution in [0.15, 0.2) is 42.2 Å². The first-order valence-electron chi connectivity index (χ1n) is 11.9. The average Bonchev–Trinajstić information content (AvgIpc) is 3.51. The van der Waals surface area contributed by atoms with Crippen LogP contribution in [0, 0.1) is 21.4 Å². The Labute approximate surface area is 215 Å². The van der Waals surface area contributed by atoms with Gasteiger partial charge in [0, 0.05) is 36.7 Å². The summed E-state index contributed by atoms with van der Waals surface area (Å²) in [6.07, 6.45) is 2.19. The van der Waals surface area contributed by atoms with Gasteiger partial charge >= 0.3 is 6.09 Å². The predicted octanol–water partition coefficient (Wildman–Crippen LogP) is 4.74. The number of thiazole rings is 1. The molecule has 1 unspecified atom stereocenters. The summed E-state index contributed by atoms with van der Waals surface area (Å²) in [5, 5.41) is 24.7. The van der Waals surface area contributed by atoms with Crippen LogP contribution in [-0.4, -0.2) is 51.7 Å². The molecule has 3 heterocycles. The predicted molar refractivity (Wildman–Crippen MR) is 138 cm³/mol. The monoisotopic (exact) mass is 532 g/mol. The summed E-state index contributed by atoms with van der Waals surface area (Å²) in [4.78, 5) is 30.8. The standard InChI is InChI=1S/C24H32N4O6SSi/c1-23(2,3)17-12-24(34-36(4)5,20(29)19-21-26(15-25-19)10-11-35-21)27(13-17)22(30)33-14-16-6-8-18(9-7-16)28(31)32/h6-11,15,17,20,29,36H,12-14H2,1-5H3/t17-,20?,24-/m0/s1. The van der Waals surface area contributed by atoms with Crippen LogP contribution in [0.3, 0.4) is 0 Å². The number of fused-ring (bicyclic) bond motifs is 1. The number of aromatic nitrogens is 2. The van der Waals surface area contributed by atoms with Gasteiger partial charge in [0.2, 0.25) is 0 Å². The van der Waals surface area contributed by atoms with Gasteiger partial charge in [0.05, 0.1) is 4.92 Å². The zero-order valence-corrected chi connectivity index (χ0v) is 23.1. The highest BCUT2D eigenvalue weighted by atomic mass is 32.1. The topological polar surface area (TPSA) is 119 Å². The molecule has 10 nitrogen and oxygen atoms in total. The number of nitro benzene ring substituents is 1. The van der Waals surface area contributed by atoms with Crippen molar-refractivity contribution in [3.05, 3.63) is 63.5 Å². The summed E-state index contributed by atoms with van der Waals surface area (Å²) in [6.45, 7) is 10.7. The molecule has 0 spiro atoms. The molecule has 12 heteroatoms. The summed E-state index contributed by atoms with van der Waals surface area (Å²) in [5.74, 6) is 0.0493. The Hall–Kier alpha value is -2.80. The Morgan fingerprint density at radius 3 is 2.67 bits per heavy atom. The zero-order valence-electron chi connectivity index (χ0n) is 21.1. The van der Waals surface area contributed by atoms with Gasteiger partial charge in [-0.15, -0.1) is 11.3 Å². The molecule has 4 rings (SSSR count). The number of ether oxygens (including phenoxy) is 1. The number of rotatable bonds is 7. The maximum atomic E-state index is 13.5. The summed E-state index contributed by atoms with van der Waals surface area (Å²) in [6, 6.07) is 5.87. The molecule has 2 aromatic heterocycles. The second-order valence-electron chi connectivity index (χ2n) is 10.5. The third kappa shape index (κ3) is 5.03. The average molecular weight is 533 g/mol. The largest absolute Gasteiger partial charge is 0.444 e. The maximum absolute atomic E-state index is 13.5. The number of nitro groups is 1. The number of non-ortho nitro benzene ring substituents is 1. The molecule has 0 aliphatic carbocycles. The Bertz CT molecular complexity index is 1240. The molecule has 1 aromatic carbocycles. The van der Waals surface area contributed by atoms with E-state index in [1.165, 1.54) is 28.4 Å². The van der Waals surface area contributed by atoms with Crippen molar-refractivity contribution in [1.29, 1.82) is 0 Å². The molecule has 3 atom stereocenters. The minimum Gasteiger partial charge on any atom is -0.444 e. The number of amides is 1. The van der Waals surface area contributed by atoms with Crippen LogP contribution in [0.5, 0.6) is 0 Å². The number of carbonyl (C=O) groups excluding carboxylic acids is 1. The lowest BCUT2D eigenvalue weighted by Gasteiger charge is -2.42. The fourth-order valence-corrected chi connectivity index (χ4v) is 6.65. The third-order valence-electron chi connectivity index (χ3n) is 6.66. The second kappa shape index (κ2) is 9.92. The van der Waals surface area contributed by atoms with Crippen molar-refractivity contribution in [3.8, 4) is 0 Å². The Balaban J connectivity index is 1.66. The van der Waals surface area contributed by atoms with Gasteiger partial charge in [-0.3, -0.25) is 19.4 Å². The van der Waals surface area contributed by atoms with E-state index in [0.717, 1.165) is 4.83 Å². The molecule has 36 heavy (non-hydrogen) atoms. The number of hydrogen-bond acceptors (Lipinski definition) is 8. The van der Waals surface area contributed by atoms with E-state index >= 15 is 0 Å². The van der Waals surface area contributed by atoms with Gasteiger partial charge in [-0.2, -0.15) is 0 Å². The van der Waals surface area contributed by atoms with Crippen molar-refractivity contribution in [2.75, 3.05) is 6.54 Å². The van der Waals surface area contributed by atoms with E-state index in [2.05, 4.69) is 25.8 Å². The second-order valence-corrected chi connectivity index (χ2v) is 13.7. The van der Waals surface area contributed by atoms with E-state index in [9.17, 15) is 20.0 Å². The van der Waals surface area contributed by atoms with Crippen LogP contribution in [-0.2, 0) is 15.8 Å². The molecular weight excluding hydrogens is 500 g/mol. The van der Waals surface area contributed by atoms with Crippen LogP contribution in [0.25, 0.3) is 4.83 Å². The Morgan fingerprint density at radius 2 is 2.06 bits per heavy atom. The first-order chi connectivity index (χ1) is 16.9. The quantitative estimate of drug-likeness (QED) is 0.265. The van der Waals surface area contributed by atoms with Crippen LogP contribution in [0.2, 0.25) is 13.1 Å². The lowest BCUT2D eigenvalue weighted by molar-refractivity contribution is -0.384. The van der Waals surface area contributed by atoms with Crippen molar-refractivity contribution in [1.82, 2.24) is 14.3 Å². The fourth-order valence-electron chi connectivity index (χ4n) is 4.65. The molecule has 1 aliphatic heterocycles. The summed E-state index contributed by atoms with van der Waals surface area (Å²) in [7, 11) is -1.76. The number of hydrogen-bond donors (Lipinski definition) is 1. The molecule has 1 aliphatic rings. The Morgan fingerprint density at radius 1 is 1.36 bits per heavy atom. The van der Waals surface area contributed by atoms with E-state index in [-0.39, 0.29) is 23.6 Å². The summed E-state index contributed by atoms with van der Waals surface area (Å²) in [5.41, 5.74) is -0.395. The van der Waals surface area contributed by atoms with Crippen LogP contribution < -0.4 is 0 Å². The zero-order chi connectivity index (χ0) is 26.3. The van der Waals surface area contributed by atoms with Crippen molar-refractivity contribution >= 4 is 37.0 Å². The molecule has 0 saturated carbocycles. The molecule has 0 bridgehead atoms. The van der Waals surface area contributed by atoms with Crippen LogP contribution >= 0.6 is 11.3 Å². The summed E-state index contributed by atoms with van der Waals surface area (Å²) >= 11 is 1.47. The van der Waals surface area contributed by atoms with Gasteiger partial charge < -0.3 is 14.3 Å². The first kappa shape index (κ1) is 26.3. The minimum absolute atomic E-state index is 0.0324. The van der Waals surface area contributed by atoms with Crippen molar-refractivity contribution in [3.63, 3.8) is 0 Å². The fraction of sp³-hybridized carbons (Fsp3) is 0.500. The highest BCUT2D eigenvalue weighted by molar-refractivity contribution is 7.15. The van der Waals surface area contributed by atoms with Crippen LogP contribution in [0.1, 0.15) is 44.6 Å². The highest BCUT2D eigenvalue weighted by Gasteiger charge is 2.58. The number of aliphatic hydroxyl groups is 1. The molecule has 1 fully saturated rings.